The fourth-order valence-electron chi connectivity index (χ4n) is 2.32. The number of carbonyl (C=O) groups is 2. The normalized spacial score (nSPS) is 11.3. The summed E-state index contributed by atoms with van der Waals surface area (Å²) in [4.78, 5) is 24.5. The lowest BCUT2D eigenvalue weighted by Gasteiger charge is -2.16. The molecule has 2 amide bonds. The molecule has 0 fully saturated rings. The van der Waals surface area contributed by atoms with Gasteiger partial charge in [-0.15, -0.1) is 0 Å². The van der Waals surface area contributed by atoms with Gasteiger partial charge in [0.25, 0.3) is 5.91 Å². The molecule has 0 heterocycles. The summed E-state index contributed by atoms with van der Waals surface area (Å²) in [5.74, 6) is -0.467. The van der Waals surface area contributed by atoms with Crippen LogP contribution in [0.25, 0.3) is 0 Å². The summed E-state index contributed by atoms with van der Waals surface area (Å²) < 4.78 is 0. The van der Waals surface area contributed by atoms with Crippen LogP contribution in [0.3, 0.4) is 0 Å². The van der Waals surface area contributed by atoms with E-state index in [0.29, 0.717) is 11.3 Å². The molecule has 124 valence electrons. The topological polar surface area (TPSA) is 58.2 Å². The molecule has 1 atom stereocenters. The minimum Gasteiger partial charge on any atom is -0.345 e. The second kappa shape index (κ2) is 8.11. The molecule has 0 aliphatic carbocycles. The predicted octanol–water partition coefficient (Wildman–Crippen LogP) is 4.08. The van der Waals surface area contributed by atoms with Crippen LogP contribution in [0.1, 0.15) is 42.7 Å². The zero-order valence-electron chi connectivity index (χ0n) is 14.2. The molecule has 0 aliphatic rings. The van der Waals surface area contributed by atoms with Crippen molar-refractivity contribution in [2.75, 3.05) is 5.32 Å². The first-order valence-corrected chi connectivity index (χ1v) is 7.88. The van der Waals surface area contributed by atoms with E-state index < -0.39 is 0 Å². The van der Waals surface area contributed by atoms with Gasteiger partial charge in [-0.05, 0) is 38.5 Å². The highest BCUT2D eigenvalue weighted by atomic mass is 16.2. The molecule has 2 aromatic carbocycles. The number of para-hydroxylation sites is 1. The minimum absolute atomic E-state index is 0.125. The van der Waals surface area contributed by atoms with Crippen molar-refractivity contribution in [2.24, 2.45) is 0 Å². The van der Waals surface area contributed by atoms with Crippen LogP contribution in [0.4, 0.5) is 5.69 Å². The lowest BCUT2D eigenvalue weighted by molar-refractivity contribution is -0.111. The first kappa shape index (κ1) is 17.5. The maximum Gasteiger partial charge on any atom is 0.253 e. The molecule has 4 nitrogen and oxygen atoms in total. The second-order valence-electron chi connectivity index (χ2n) is 5.86. The smallest absolute Gasteiger partial charge is 0.253 e. The van der Waals surface area contributed by atoms with Crippen LogP contribution in [0, 0.1) is 0 Å². The summed E-state index contributed by atoms with van der Waals surface area (Å²) in [6.07, 6.45) is 1.50. The Balaban J connectivity index is 2.15. The molecule has 2 aromatic rings. The highest BCUT2D eigenvalue weighted by Gasteiger charge is 2.15. The van der Waals surface area contributed by atoms with Crippen molar-refractivity contribution < 1.29 is 9.59 Å². The fraction of sp³-hybridized carbons (Fsp3) is 0.200. The number of carbonyl (C=O) groups excluding carboxylic acids is 2. The monoisotopic (exact) mass is 322 g/mol. The van der Waals surface area contributed by atoms with Gasteiger partial charge in [0.05, 0.1) is 17.3 Å². The van der Waals surface area contributed by atoms with Gasteiger partial charge in [-0.25, -0.2) is 0 Å². The van der Waals surface area contributed by atoms with Crippen molar-refractivity contribution in [1.82, 2.24) is 5.32 Å². The number of allylic oxidation sites excluding steroid dienone is 1. The van der Waals surface area contributed by atoms with E-state index in [1.54, 1.807) is 24.3 Å². The zero-order valence-corrected chi connectivity index (χ0v) is 14.2. The summed E-state index contributed by atoms with van der Waals surface area (Å²) in [7, 11) is 0. The SMILES string of the molecule is CC(C)=CC(=O)Nc1ccccc1C(=O)NC(C)c1ccccc1. The minimum atomic E-state index is -0.244. The van der Waals surface area contributed by atoms with E-state index in [1.807, 2.05) is 51.1 Å². The van der Waals surface area contributed by atoms with Crippen molar-refractivity contribution in [3.05, 3.63) is 77.4 Å². The molecule has 0 saturated carbocycles. The first-order valence-electron chi connectivity index (χ1n) is 7.88. The van der Waals surface area contributed by atoms with Crippen LogP contribution < -0.4 is 10.6 Å². The van der Waals surface area contributed by atoms with Crippen LogP contribution in [-0.2, 0) is 4.79 Å². The number of nitrogens with one attached hydrogen (secondary N) is 2. The molecular weight excluding hydrogens is 300 g/mol. The van der Waals surface area contributed by atoms with Crippen LogP contribution in [0.5, 0.6) is 0 Å². The fourth-order valence-corrected chi connectivity index (χ4v) is 2.32. The Morgan fingerprint density at radius 1 is 0.958 bits per heavy atom. The maximum atomic E-state index is 12.6. The van der Waals surface area contributed by atoms with Gasteiger partial charge in [0.2, 0.25) is 5.91 Å². The van der Waals surface area contributed by atoms with Gasteiger partial charge in [-0.2, -0.15) is 0 Å². The Labute approximate surface area is 142 Å². The zero-order chi connectivity index (χ0) is 17.5. The molecule has 2 rings (SSSR count). The van der Waals surface area contributed by atoms with Crippen molar-refractivity contribution >= 4 is 17.5 Å². The van der Waals surface area contributed by atoms with E-state index in [-0.39, 0.29) is 17.9 Å². The number of amides is 2. The predicted molar refractivity (Wildman–Crippen MR) is 96.8 cm³/mol. The van der Waals surface area contributed by atoms with Gasteiger partial charge in [-0.3, -0.25) is 9.59 Å². The number of anilines is 1. The highest BCUT2D eigenvalue weighted by molar-refractivity contribution is 6.06. The third-order valence-corrected chi connectivity index (χ3v) is 3.50. The van der Waals surface area contributed by atoms with Gasteiger partial charge >= 0.3 is 0 Å². The standard InChI is InChI=1S/C20H22N2O2/c1-14(2)13-19(23)22-18-12-8-7-11-17(18)20(24)21-15(3)16-9-5-4-6-10-16/h4-13,15H,1-3H3,(H,21,24)(H,22,23). The average Bonchev–Trinajstić information content (AvgIpc) is 2.55. The number of hydrogen-bond donors (Lipinski definition) is 2. The second-order valence-corrected chi connectivity index (χ2v) is 5.86. The van der Waals surface area contributed by atoms with Gasteiger partial charge in [-0.1, -0.05) is 48.0 Å². The number of rotatable bonds is 5. The van der Waals surface area contributed by atoms with E-state index in [2.05, 4.69) is 10.6 Å². The summed E-state index contributed by atoms with van der Waals surface area (Å²) >= 11 is 0. The molecule has 0 aromatic heterocycles. The Bertz CT molecular complexity index is 747. The Morgan fingerprint density at radius 2 is 1.58 bits per heavy atom. The van der Waals surface area contributed by atoms with E-state index in [0.717, 1.165) is 11.1 Å². The lowest BCUT2D eigenvalue weighted by atomic mass is 10.1. The molecule has 4 heteroatoms. The highest BCUT2D eigenvalue weighted by Crippen LogP contribution is 2.18. The van der Waals surface area contributed by atoms with Gasteiger partial charge in [0, 0.05) is 6.08 Å². The molecule has 1 unspecified atom stereocenters. The quantitative estimate of drug-likeness (QED) is 0.815. The molecule has 0 bridgehead atoms. The number of benzene rings is 2. The van der Waals surface area contributed by atoms with Crippen molar-refractivity contribution in [3.63, 3.8) is 0 Å². The third kappa shape index (κ3) is 4.81. The van der Waals surface area contributed by atoms with Crippen LogP contribution in [0.15, 0.2) is 66.2 Å². The molecule has 2 N–H and O–H groups in total. The van der Waals surface area contributed by atoms with Crippen molar-refractivity contribution in [2.45, 2.75) is 26.8 Å². The lowest BCUT2D eigenvalue weighted by Crippen LogP contribution is -2.27. The summed E-state index contributed by atoms with van der Waals surface area (Å²) in [5.41, 5.74) is 2.86. The summed E-state index contributed by atoms with van der Waals surface area (Å²) in [6.45, 7) is 5.62. The molecule has 0 spiro atoms. The van der Waals surface area contributed by atoms with Crippen LogP contribution in [0.2, 0.25) is 0 Å². The van der Waals surface area contributed by atoms with Crippen molar-refractivity contribution in [3.8, 4) is 0 Å². The van der Waals surface area contributed by atoms with Crippen molar-refractivity contribution in [1.29, 1.82) is 0 Å². The Kier molecular flexibility index (Phi) is 5.90. The van der Waals surface area contributed by atoms with Gasteiger partial charge < -0.3 is 10.6 Å². The van der Waals surface area contributed by atoms with E-state index >= 15 is 0 Å². The average molecular weight is 322 g/mol. The molecule has 24 heavy (non-hydrogen) atoms. The van der Waals surface area contributed by atoms with E-state index in [4.69, 9.17) is 0 Å². The first-order chi connectivity index (χ1) is 11.5. The van der Waals surface area contributed by atoms with Gasteiger partial charge in [0.15, 0.2) is 0 Å². The molecule has 0 radical (unpaired) electrons. The summed E-state index contributed by atoms with van der Waals surface area (Å²) in [5, 5.41) is 5.72. The molecule has 0 aliphatic heterocycles. The molecular formula is C20H22N2O2. The van der Waals surface area contributed by atoms with Crippen LogP contribution >= 0.6 is 0 Å². The molecule has 0 saturated heterocycles. The summed E-state index contributed by atoms with van der Waals surface area (Å²) in [6, 6.07) is 16.6. The Morgan fingerprint density at radius 3 is 2.25 bits per heavy atom. The largest absolute Gasteiger partial charge is 0.345 e. The third-order valence-electron chi connectivity index (χ3n) is 3.50. The van der Waals surface area contributed by atoms with E-state index in [9.17, 15) is 9.59 Å². The Hall–Kier alpha value is -2.88. The van der Waals surface area contributed by atoms with E-state index in [1.165, 1.54) is 6.08 Å². The maximum absolute atomic E-state index is 12.6. The van der Waals surface area contributed by atoms with Gasteiger partial charge in [0.1, 0.15) is 0 Å². The van der Waals surface area contributed by atoms with Crippen LogP contribution in [-0.4, -0.2) is 11.8 Å². The number of hydrogen-bond acceptors (Lipinski definition) is 2.